The van der Waals surface area contributed by atoms with Crippen LogP contribution in [0.3, 0.4) is 0 Å². The van der Waals surface area contributed by atoms with Crippen molar-refractivity contribution in [2.75, 3.05) is 18.5 Å². The molecule has 2 rings (SSSR count). The van der Waals surface area contributed by atoms with Crippen molar-refractivity contribution in [3.63, 3.8) is 0 Å². The van der Waals surface area contributed by atoms with Crippen LogP contribution < -0.4 is 16.0 Å². The molecule has 0 saturated heterocycles. The maximum Gasteiger partial charge on any atom is 0.407 e. The number of ether oxygens (including phenoxy) is 1. The van der Waals surface area contributed by atoms with Crippen LogP contribution in [0.2, 0.25) is 0 Å². The van der Waals surface area contributed by atoms with Crippen LogP contribution >= 0.6 is 0 Å². The normalized spacial score (nSPS) is 11.2. The summed E-state index contributed by atoms with van der Waals surface area (Å²) in [5.41, 5.74) is 2.70. The number of alkyl carbamates (subject to hydrolysis) is 1. The van der Waals surface area contributed by atoms with Gasteiger partial charge in [0.25, 0.3) is 0 Å². The Labute approximate surface area is 170 Å². The molecule has 29 heavy (non-hydrogen) atoms. The average molecular weight is 397 g/mol. The van der Waals surface area contributed by atoms with Crippen molar-refractivity contribution >= 4 is 23.6 Å². The fourth-order valence-corrected chi connectivity index (χ4v) is 2.79. The van der Waals surface area contributed by atoms with E-state index < -0.39 is 12.1 Å². The molecule has 3 amide bonds. The minimum absolute atomic E-state index is 0.122. The van der Waals surface area contributed by atoms with E-state index in [9.17, 15) is 14.4 Å². The zero-order valence-electron chi connectivity index (χ0n) is 16.7. The molecule has 0 fully saturated rings. The molecule has 1 atom stereocenters. The van der Waals surface area contributed by atoms with E-state index in [1.165, 1.54) is 6.92 Å². The Morgan fingerprint density at radius 3 is 2.28 bits per heavy atom. The molecule has 0 bridgehead atoms. The Bertz CT molecular complexity index is 807. The summed E-state index contributed by atoms with van der Waals surface area (Å²) < 4.78 is 4.91. The summed E-state index contributed by atoms with van der Waals surface area (Å²) in [7, 11) is 0. The van der Waals surface area contributed by atoms with Crippen molar-refractivity contribution in [1.82, 2.24) is 10.6 Å². The summed E-state index contributed by atoms with van der Waals surface area (Å²) in [5.74, 6) is -0.389. The van der Waals surface area contributed by atoms with Gasteiger partial charge in [-0.2, -0.15) is 0 Å². The highest BCUT2D eigenvalue weighted by molar-refractivity contribution is 5.88. The van der Waals surface area contributed by atoms with Gasteiger partial charge in [0.05, 0.1) is 6.61 Å². The van der Waals surface area contributed by atoms with Gasteiger partial charge >= 0.3 is 6.09 Å². The Morgan fingerprint density at radius 1 is 0.966 bits per heavy atom. The van der Waals surface area contributed by atoms with Gasteiger partial charge in [-0.05, 0) is 36.6 Å². The van der Waals surface area contributed by atoms with Gasteiger partial charge < -0.3 is 20.7 Å². The zero-order chi connectivity index (χ0) is 21.1. The van der Waals surface area contributed by atoms with Gasteiger partial charge in [-0.15, -0.1) is 0 Å². The van der Waals surface area contributed by atoms with Crippen LogP contribution in [-0.2, 0) is 27.2 Å². The van der Waals surface area contributed by atoms with Crippen LogP contribution in [0.4, 0.5) is 10.5 Å². The highest BCUT2D eigenvalue weighted by atomic mass is 16.5. The van der Waals surface area contributed by atoms with Crippen molar-refractivity contribution in [2.45, 2.75) is 32.7 Å². The third-order valence-corrected chi connectivity index (χ3v) is 4.15. The van der Waals surface area contributed by atoms with Crippen molar-refractivity contribution in [1.29, 1.82) is 0 Å². The standard InChI is InChI=1S/C22H27N3O4/c1-3-29-22(28)25-20(15-18-7-5-4-6-8-18)21(27)23-14-13-17-9-11-19(12-10-17)24-16(2)26/h4-12,20H,3,13-15H2,1-2H3,(H,23,27)(H,24,26)(H,25,28)/t20-/m0/s1. The first-order chi connectivity index (χ1) is 14.0. The molecule has 7 heteroatoms. The van der Waals surface area contributed by atoms with Gasteiger partial charge in [0.15, 0.2) is 0 Å². The molecule has 7 nitrogen and oxygen atoms in total. The SMILES string of the molecule is CCOC(=O)N[C@@H](Cc1ccccc1)C(=O)NCCc1ccc(NC(C)=O)cc1. The average Bonchev–Trinajstić information content (AvgIpc) is 2.69. The number of carbonyl (C=O) groups is 3. The van der Waals surface area contributed by atoms with Crippen LogP contribution in [0.5, 0.6) is 0 Å². The van der Waals surface area contributed by atoms with E-state index in [0.29, 0.717) is 19.4 Å². The molecule has 0 unspecified atom stereocenters. The van der Waals surface area contributed by atoms with E-state index in [4.69, 9.17) is 4.74 Å². The van der Waals surface area contributed by atoms with Gasteiger partial charge in [-0.25, -0.2) is 4.79 Å². The van der Waals surface area contributed by atoms with E-state index >= 15 is 0 Å². The number of amides is 3. The highest BCUT2D eigenvalue weighted by Crippen LogP contribution is 2.10. The lowest BCUT2D eigenvalue weighted by atomic mass is 10.1. The third-order valence-electron chi connectivity index (χ3n) is 4.15. The second-order valence-corrected chi connectivity index (χ2v) is 6.53. The topological polar surface area (TPSA) is 96.5 Å². The molecule has 0 aliphatic heterocycles. The largest absolute Gasteiger partial charge is 0.450 e. The molecule has 0 radical (unpaired) electrons. The number of benzene rings is 2. The summed E-state index contributed by atoms with van der Waals surface area (Å²) in [5, 5.41) is 8.21. The minimum Gasteiger partial charge on any atom is -0.450 e. The Kier molecular flexibility index (Phi) is 8.69. The molecule has 2 aromatic rings. The van der Waals surface area contributed by atoms with Crippen LogP contribution in [0.25, 0.3) is 0 Å². The monoisotopic (exact) mass is 397 g/mol. The fourth-order valence-electron chi connectivity index (χ4n) is 2.79. The van der Waals surface area contributed by atoms with E-state index in [-0.39, 0.29) is 18.4 Å². The Hall–Kier alpha value is -3.35. The third kappa shape index (κ3) is 8.04. The second kappa shape index (κ2) is 11.5. The van der Waals surface area contributed by atoms with Crippen molar-refractivity contribution in [3.8, 4) is 0 Å². The van der Waals surface area contributed by atoms with Crippen LogP contribution in [0.1, 0.15) is 25.0 Å². The fraction of sp³-hybridized carbons (Fsp3) is 0.318. The van der Waals surface area contributed by atoms with Gasteiger partial charge in [0.1, 0.15) is 6.04 Å². The molecule has 3 N–H and O–H groups in total. The summed E-state index contributed by atoms with van der Waals surface area (Å²) in [6, 6.07) is 16.2. The second-order valence-electron chi connectivity index (χ2n) is 6.53. The lowest BCUT2D eigenvalue weighted by Crippen LogP contribution is -2.48. The zero-order valence-corrected chi connectivity index (χ0v) is 16.7. The summed E-state index contributed by atoms with van der Waals surface area (Å²) in [6.07, 6.45) is 0.387. The molecule has 2 aromatic carbocycles. The predicted octanol–water partition coefficient (Wildman–Crippen LogP) is 2.66. The van der Waals surface area contributed by atoms with Gasteiger partial charge in [-0.1, -0.05) is 42.5 Å². The van der Waals surface area contributed by atoms with Crippen molar-refractivity contribution < 1.29 is 19.1 Å². The molecule has 0 aliphatic rings. The van der Waals surface area contributed by atoms with E-state index in [0.717, 1.165) is 16.8 Å². The quantitative estimate of drug-likeness (QED) is 0.606. The van der Waals surface area contributed by atoms with Crippen molar-refractivity contribution in [3.05, 3.63) is 65.7 Å². The maximum absolute atomic E-state index is 12.6. The number of hydrogen-bond donors (Lipinski definition) is 3. The molecule has 154 valence electrons. The predicted molar refractivity (Wildman–Crippen MR) is 112 cm³/mol. The van der Waals surface area contributed by atoms with Crippen LogP contribution in [0, 0.1) is 0 Å². The molecule has 0 aliphatic carbocycles. The van der Waals surface area contributed by atoms with Crippen LogP contribution in [0.15, 0.2) is 54.6 Å². The number of hydrogen-bond acceptors (Lipinski definition) is 4. The molecule has 0 heterocycles. The Morgan fingerprint density at radius 2 is 1.66 bits per heavy atom. The molecule has 0 spiro atoms. The Balaban J connectivity index is 1.90. The first-order valence-electron chi connectivity index (χ1n) is 9.59. The van der Waals surface area contributed by atoms with Gasteiger partial charge in [-0.3, -0.25) is 9.59 Å². The van der Waals surface area contributed by atoms with E-state index in [1.54, 1.807) is 6.92 Å². The molecule has 0 aromatic heterocycles. The van der Waals surface area contributed by atoms with Crippen LogP contribution in [-0.4, -0.2) is 37.1 Å². The summed E-state index contributed by atoms with van der Waals surface area (Å²) in [6.45, 7) is 3.83. The summed E-state index contributed by atoms with van der Waals surface area (Å²) in [4.78, 5) is 35.5. The first-order valence-corrected chi connectivity index (χ1v) is 9.59. The smallest absolute Gasteiger partial charge is 0.407 e. The number of carbonyl (C=O) groups excluding carboxylic acids is 3. The van der Waals surface area contributed by atoms with E-state index in [2.05, 4.69) is 16.0 Å². The van der Waals surface area contributed by atoms with E-state index in [1.807, 2.05) is 54.6 Å². The first kappa shape index (κ1) is 21.9. The number of anilines is 1. The van der Waals surface area contributed by atoms with Gasteiger partial charge in [0, 0.05) is 25.6 Å². The minimum atomic E-state index is -0.724. The number of nitrogens with one attached hydrogen (secondary N) is 3. The maximum atomic E-state index is 12.6. The molecular formula is C22H27N3O4. The highest BCUT2D eigenvalue weighted by Gasteiger charge is 2.21. The molecule has 0 saturated carbocycles. The lowest BCUT2D eigenvalue weighted by Gasteiger charge is -2.18. The lowest BCUT2D eigenvalue weighted by molar-refractivity contribution is -0.123. The number of rotatable bonds is 9. The molecular weight excluding hydrogens is 370 g/mol. The van der Waals surface area contributed by atoms with Crippen molar-refractivity contribution in [2.24, 2.45) is 0 Å². The van der Waals surface area contributed by atoms with Gasteiger partial charge in [0.2, 0.25) is 11.8 Å². The summed E-state index contributed by atoms with van der Waals surface area (Å²) >= 11 is 0.